The fraction of sp³-hybridized carbons (Fsp3) is 0.263. The van der Waals surface area contributed by atoms with E-state index in [1.54, 1.807) is 0 Å². The van der Waals surface area contributed by atoms with E-state index < -0.39 is 0 Å². The van der Waals surface area contributed by atoms with Gasteiger partial charge >= 0.3 is 0 Å². The minimum atomic E-state index is -0.0879. The average Bonchev–Trinajstić information content (AvgIpc) is 2.97. The molecular formula is C19H21ClN4O. The van der Waals surface area contributed by atoms with Crippen molar-refractivity contribution in [3.8, 4) is 11.4 Å². The number of rotatable bonds is 5. The first kappa shape index (κ1) is 17.5. The average molecular weight is 357 g/mol. The van der Waals surface area contributed by atoms with E-state index in [4.69, 9.17) is 17.3 Å². The summed E-state index contributed by atoms with van der Waals surface area (Å²) in [5.74, 6) is 0.680. The summed E-state index contributed by atoms with van der Waals surface area (Å²) >= 11 is 6.18. The Kier molecular flexibility index (Phi) is 5.06. The quantitative estimate of drug-likeness (QED) is 0.611. The van der Waals surface area contributed by atoms with E-state index in [0.717, 1.165) is 40.0 Å². The number of nitrogens with zero attached hydrogens (tertiary/aromatic N) is 1. The van der Waals surface area contributed by atoms with Crippen LogP contribution in [0, 0.1) is 13.8 Å². The molecule has 0 saturated heterocycles. The number of halogens is 1. The zero-order valence-corrected chi connectivity index (χ0v) is 15.1. The summed E-state index contributed by atoms with van der Waals surface area (Å²) in [6.07, 6.45) is 0.768. The molecule has 0 atom stereocenters. The molecule has 0 aliphatic rings. The fourth-order valence-electron chi connectivity index (χ4n) is 2.74. The van der Waals surface area contributed by atoms with Gasteiger partial charge in [-0.3, -0.25) is 4.79 Å². The molecular weight excluding hydrogens is 336 g/mol. The number of fused-ring (bicyclic) bond motifs is 1. The molecule has 1 aromatic heterocycles. The predicted octanol–water partition coefficient (Wildman–Crippen LogP) is 3.58. The Morgan fingerprint density at radius 2 is 2.04 bits per heavy atom. The van der Waals surface area contributed by atoms with Crippen LogP contribution in [0.15, 0.2) is 30.3 Å². The van der Waals surface area contributed by atoms with E-state index in [-0.39, 0.29) is 5.91 Å². The van der Waals surface area contributed by atoms with E-state index in [0.29, 0.717) is 23.7 Å². The van der Waals surface area contributed by atoms with Crippen molar-refractivity contribution in [3.05, 3.63) is 52.0 Å². The monoisotopic (exact) mass is 356 g/mol. The van der Waals surface area contributed by atoms with E-state index >= 15 is 0 Å². The van der Waals surface area contributed by atoms with Crippen molar-refractivity contribution in [1.82, 2.24) is 15.3 Å². The Morgan fingerprint density at radius 1 is 1.24 bits per heavy atom. The van der Waals surface area contributed by atoms with Crippen molar-refractivity contribution in [2.45, 2.75) is 20.3 Å². The van der Waals surface area contributed by atoms with Crippen molar-refractivity contribution < 1.29 is 4.79 Å². The smallest absolute Gasteiger partial charge is 0.251 e. The highest BCUT2D eigenvalue weighted by Crippen LogP contribution is 2.27. The first-order chi connectivity index (χ1) is 12.0. The molecule has 130 valence electrons. The maximum atomic E-state index is 12.1. The van der Waals surface area contributed by atoms with Crippen LogP contribution in [0.25, 0.3) is 22.4 Å². The second kappa shape index (κ2) is 7.25. The molecule has 0 unspecified atom stereocenters. The third-order valence-electron chi connectivity index (χ3n) is 4.17. The Bertz CT molecular complexity index is 894. The summed E-state index contributed by atoms with van der Waals surface area (Å²) in [5.41, 5.74) is 10.8. The molecule has 3 rings (SSSR count). The SMILES string of the molecule is Cc1cc2[nH]c(-c3ccc(C(=O)NCCCN)cc3C)nc2cc1Cl. The van der Waals surface area contributed by atoms with Crippen LogP contribution in [0.4, 0.5) is 0 Å². The molecule has 0 saturated carbocycles. The number of carbonyl (C=O) groups excluding carboxylic acids is 1. The molecule has 1 heterocycles. The van der Waals surface area contributed by atoms with Gasteiger partial charge in [-0.2, -0.15) is 0 Å². The van der Waals surface area contributed by atoms with Gasteiger partial charge in [0, 0.05) is 22.7 Å². The summed E-state index contributed by atoms with van der Waals surface area (Å²) in [6.45, 7) is 5.08. The highest BCUT2D eigenvalue weighted by atomic mass is 35.5. The molecule has 3 aromatic rings. The van der Waals surface area contributed by atoms with Crippen LogP contribution in [0.2, 0.25) is 5.02 Å². The van der Waals surface area contributed by atoms with Crippen molar-refractivity contribution in [2.24, 2.45) is 5.73 Å². The third-order valence-corrected chi connectivity index (χ3v) is 4.58. The summed E-state index contributed by atoms with van der Waals surface area (Å²) in [7, 11) is 0. The van der Waals surface area contributed by atoms with Crippen molar-refractivity contribution in [3.63, 3.8) is 0 Å². The first-order valence-electron chi connectivity index (χ1n) is 8.24. The van der Waals surface area contributed by atoms with Crippen LogP contribution in [0.5, 0.6) is 0 Å². The van der Waals surface area contributed by atoms with Gasteiger partial charge in [0.05, 0.1) is 11.0 Å². The summed E-state index contributed by atoms with van der Waals surface area (Å²) in [5, 5.41) is 3.56. The van der Waals surface area contributed by atoms with Crippen LogP contribution in [0.3, 0.4) is 0 Å². The van der Waals surface area contributed by atoms with Gasteiger partial charge in [0.15, 0.2) is 0 Å². The third kappa shape index (κ3) is 3.67. The maximum Gasteiger partial charge on any atom is 0.251 e. The number of hydrogen-bond acceptors (Lipinski definition) is 3. The van der Waals surface area contributed by atoms with Gasteiger partial charge in [-0.1, -0.05) is 17.7 Å². The largest absolute Gasteiger partial charge is 0.352 e. The van der Waals surface area contributed by atoms with Crippen LogP contribution in [-0.2, 0) is 0 Å². The zero-order valence-electron chi connectivity index (χ0n) is 14.3. The van der Waals surface area contributed by atoms with E-state index in [9.17, 15) is 4.79 Å². The minimum absolute atomic E-state index is 0.0879. The molecule has 25 heavy (non-hydrogen) atoms. The number of amides is 1. The van der Waals surface area contributed by atoms with Gasteiger partial charge in [-0.05, 0) is 62.2 Å². The number of aromatic amines is 1. The lowest BCUT2D eigenvalue weighted by atomic mass is 10.0. The Morgan fingerprint density at radius 3 is 2.76 bits per heavy atom. The predicted molar refractivity (Wildman–Crippen MR) is 102 cm³/mol. The topological polar surface area (TPSA) is 83.8 Å². The lowest BCUT2D eigenvalue weighted by molar-refractivity contribution is 0.0953. The molecule has 4 N–H and O–H groups in total. The molecule has 2 aromatic carbocycles. The van der Waals surface area contributed by atoms with Gasteiger partial charge < -0.3 is 16.0 Å². The number of nitrogens with two attached hydrogens (primary N) is 1. The van der Waals surface area contributed by atoms with Crippen LogP contribution in [-0.4, -0.2) is 29.0 Å². The number of carbonyl (C=O) groups is 1. The van der Waals surface area contributed by atoms with E-state index in [2.05, 4.69) is 15.3 Å². The number of nitrogens with one attached hydrogen (secondary N) is 2. The summed E-state index contributed by atoms with van der Waals surface area (Å²) in [4.78, 5) is 20.1. The van der Waals surface area contributed by atoms with Gasteiger partial charge in [0.1, 0.15) is 5.82 Å². The second-order valence-corrected chi connectivity index (χ2v) is 6.54. The number of H-pyrrole nitrogens is 1. The molecule has 0 aliphatic heterocycles. The first-order valence-corrected chi connectivity index (χ1v) is 8.62. The molecule has 0 fully saturated rings. The van der Waals surface area contributed by atoms with Crippen molar-refractivity contribution in [2.75, 3.05) is 13.1 Å². The molecule has 5 nitrogen and oxygen atoms in total. The Balaban J connectivity index is 1.89. The molecule has 0 spiro atoms. The van der Waals surface area contributed by atoms with E-state index in [1.807, 2.05) is 44.2 Å². The van der Waals surface area contributed by atoms with E-state index in [1.165, 1.54) is 0 Å². The number of benzene rings is 2. The molecule has 0 radical (unpaired) electrons. The zero-order chi connectivity index (χ0) is 18.0. The minimum Gasteiger partial charge on any atom is -0.352 e. The molecule has 1 amide bonds. The van der Waals surface area contributed by atoms with Gasteiger partial charge in [-0.25, -0.2) is 4.98 Å². The second-order valence-electron chi connectivity index (χ2n) is 6.13. The number of imidazole rings is 1. The van der Waals surface area contributed by atoms with Gasteiger partial charge in [0.25, 0.3) is 5.91 Å². The highest BCUT2D eigenvalue weighted by Gasteiger charge is 2.12. The van der Waals surface area contributed by atoms with Gasteiger partial charge in [0.2, 0.25) is 0 Å². The van der Waals surface area contributed by atoms with Crippen LogP contribution in [0.1, 0.15) is 27.9 Å². The lowest BCUT2D eigenvalue weighted by Crippen LogP contribution is -2.26. The highest BCUT2D eigenvalue weighted by molar-refractivity contribution is 6.32. The van der Waals surface area contributed by atoms with Crippen LogP contribution >= 0.6 is 11.6 Å². The van der Waals surface area contributed by atoms with Crippen LogP contribution < -0.4 is 11.1 Å². The maximum absolute atomic E-state index is 12.1. The summed E-state index contributed by atoms with van der Waals surface area (Å²) < 4.78 is 0. The lowest BCUT2D eigenvalue weighted by Gasteiger charge is -2.07. The summed E-state index contributed by atoms with van der Waals surface area (Å²) in [6, 6.07) is 9.45. The Labute approximate surface area is 151 Å². The molecule has 0 aliphatic carbocycles. The van der Waals surface area contributed by atoms with Gasteiger partial charge in [-0.15, -0.1) is 0 Å². The van der Waals surface area contributed by atoms with Crippen molar-refractivity contribution >= 4 is 28.5 Å². The fourth-order valence-corrected chi connectivity index (χ4v) is 2.90. The normalized spacial score (nSPS) is 11.0. The molecule has 0 bridgehead atoms. The van der Waals surface area contributed by atoms with Crippen molar-refractivity contribution in [1.29, 1.82) is 0 Å². The number of hydrogen-bond donors (Lipinski definition) is 3. The number of aryl methyl sites for hydroxylation is 2. The standard InChI is InChI=1S/C19H21ClN4O/c1-11-8-13(19(25)22-7-3-6-21)4-5-14(11)18-23-16-9-12(2)15(20)10-17(16)24-18/h4-5,8-10H,3,6-7,21H2,1-2H3,(H,22,25)(H,23,24). The number of aromatic nitrogens is 2. The molecule has 6 heteroatoms. The Hall–Kier alpha value is -2.37.